The monoisotopic (exact) mass is 362 g/mol. The molecule has 0 radical (unpaired) electrons. The molecule has 0 saturated heterocycles. The summed E-state index contributed by atoms with van der Waals surface area (Å²) in [5, 5.41) is 12.7. The van der Waals surface area contributed by atoms with Gasteiger partial charge < -0.3 is 10.8 Å². The predicted octanol–water partition coefficient (Wildman–Crippen LogP) is 5.29. The fraction of sp³-hybridized carbons (Fsp3) is 0.0952. The lowest BCUT2D eigenvalue weighted by Gasteiger charge is -2.11. The number of aryl methyl sites for hydroxylation is 2. The maximum absolute atomic E-state index is 12.4. The number of hydrogen-bond acceptors (Lipinski definition) is 3. The van der Waals surface area contributed by atoms with Crippen LogP contribution in [0.4, 0.5) is 4.79 Å². The Hall–Kier alpha value is -3.05. The molecule has 130 valence electrons. The Morgan fingerprint density at radius 3 is 2.35 bits per heavy atom. The second-order valence-electron chi connectivity index (χ2n) is 6.31. The number of phenols is 1. The van der Waals surface area contributed by atoms with Crippen molar-refractivity contribution >= 4 is 28.3 Å². The summed E-state index contributed by atoms with van der Waals surface area (Å²) in [6.45, 7) is 4.10. The van der Waals surface area contributed by atoms with Crippen LogP contribution in [-0.4, -0.2) is 15.7 Å². The number of nitrogens with zero attached hydrogens (tertiary/aromatic N) is 1. The van der Waals surface area contributed by atoms with Gasteiger partial charge in [-0.1, -0.05) is 30.3 Å². The van der Waals surface area contributed by atoms with Gasteiger partial charge in [-0.25, -0.2) is 4.79 Å². The van der Waals surface area contributed by atoms with Crippen molar-refractivity contribution in [2.75, 3.05) is 0 Å². The highest BCUT2D eigenvalue weighted by atomic mass is 32.1. The lowest BCUT2D eigenvalue weighted by molar-refractivity contribution is 0.251. The minimum Gasteiger partial charge on any atom is -0.508 e. The fourth-order valence-electron chi connectivity index (χ4n) is 3.55. The van der Waals surface area contributed by atoms with Gasteiger partial charge in [-0.05, 0) is 48.6 Å². The summed E-state index contributed by atoms with van der Waals surface area (Å²) < 4.78 is 1.60. The molecule has 0 aliphatic rings. The van der Waals surface area contributed by atoms with Crippen molar-refractivity contribution in [2.24, 2.45) is 5.73 Å². The number of nitrogens with two attached hydrogens (primary N) is 1. The number of primary amides is 1. The molecule has 2 aromatic carbocycles. The van der Waals surface area contributed by atoms with Crippen LogP contribution in [0.3, 0.4) is 0 Å². The van der Waals surface area contributed by atoms with E-state index in [4.69, 9.17) is 5.73 Å². The molecule has 0 aliphatic carbocycles. The van der Waals surface area contributed by atoms with E-state index in [1.165, 1.54) is 0 Å². The standard InChI is InChI=1S/C21H18N2O2S/c1-12-11-26-13(2)18(12)20-19(14-7-9-15(24)10-8-14)16-5-3-4-6-17(16)23(20)21(22)25/h3-11,24H,1-2H3,(H2,22,25). The topological polar surface area (TPSA) is 68.2 Å². The molecule has 0 bridgehead atoms. The van der Waals surface area contributed by atoms with Crippen molar-refractivity contribution < 1.29 is 9.90 Å². The van der Waals surface area contributed by atoms with Crippen LogP contribution >= 0.6 is 11.3 Å². The van der Waals surface area contributed by atoms with Crippen LogP contribution in [0.2, 0.25) is 0 Å². The molecule has 0 unspecified atom stereocenters. The molecule has 0 aliphatic heterocycles. The third-order valence-electron chi connectivity index (χ3n) is 4.65. The van der Waals surface area contributed by atoms with Gasteiger partial charge in [0.1, 0.15) is 5.75 Å². The highest BCUT2D eigenvalue weighted by molar-refractivity contribution is 7.10. The van der Waals surface area contributed by atoms with E-state index in [-0.39, 0.29) is 5.75 Å². The molecule has 1 amide bonds. The first kappa shape index (κ1) is 16.4. The first-order valence-electron chi connectivity index (χ1n) is 8.26. The van der Waals surface area contributed by atoms with Crippen molar-refractivity contribution in [3.63, 3.8) is 0 Å². The average Bonchev–Trinajstić information content (AvgIpc) is 3.12. The summed E-state index contributed by atoms with van der Waals surface area (Å²) in [6, 6.07) is 14.3. The highest BCUT2D eigenvalue weighted by Crippen LogP contribution is 2.44. The number of fused-ring (bicyclic) bond motifs is 1. The SMILES string of the molecule is Cc1csc(C)c1-c1c(-c2ccc(O)cc2)c2ccccc2n1C(N)=O. The van der Waals surface area contributed by atoms with E-state index in [2.05, 4.69) is 12.3 Å². The second kappa shape index (κ2) is 6.04. The third-order valence-corrected chi connectivity index (χ3v) is 5.68. The molecule has 3 N–H and O–H groups in total. The fourth-order valence-corrected chi connectivity index (χ4v) is 4.40. The minimum absolute atomic E-state index is 0.205. The molecule has 2 heterocycles. The first-order chi connectivity index (χ1) is 12.5. The number of phenolic OH excluding ortho intramolecular Hbond substituents is 1. The van der Waals surface area contributed by atoms with Gasteiger partial charge in [-0.15, -0.1) is 11.3 Å². The van der Waals surface area contributed by atoms with E-state index in [0.717, 1.165) is 43.7 Å². The van der Waals surface area contributed by atoms with Gasteiger partial charge in [-0.3, -0.25) is 4.57 Å². The van der Waals surface area contributed by atoms with Crippen molar-refractivity contribution in [3.8, 4) is 28.1 Å². The number of hydrogen-bond donors (Lipinski definition) is 2. The summed E-state index contributed by atoms with van der Waals surface area (Å²) in [5.74, 6) is 0.205. The van der Waals surface area contributed by atoms with Crippen LogP contribution in [0.1, 0.15) is 10.4 Å². The average molecular weight is 362 g/mol. The molecular formula is C21H18N2O2S. The second-order valence-corrected chi connectivity index (χ2v) is 7.39. The number of aromatic hydroxyl groups is 1. The van der Waals surface area contributed by atoms with E-state index in [1.807, 2.05) is 43.3 Å². The largest absolute Gasteiger partial charge is 0.508 e. The van der Waals surface area contributed by atoms with Gasteiger partial charge in [0.2, 0.25) is 0 Å². The maximum Gasteiger partial charge on any atom is 0.323 e. The first-order valence-corrected chi connectivity index (χ1v) is 9.14. The van der Waals surface area contributed by atoms with Crippen molar-refractivity contribution in [2.45, 2.75) is 13.8 Å². The number of para-hydroxylation sites is 1. The number of amides is 1. The van der Waals surface area contributed by atoms with Crippen LogP contribution in [0.5, 0.6) is 5.75 Å². The molecule has 0 saturated carbocycles. The summed E-state index contributed by atoms with van der Waals surface area (Å²) in [4.78, 5) is 13.5. The quantitative estimate of drug-likeness (QED) is 0.509. The zero-order valence-electron chi connectivity index (χ0n) is 14.5. The Morgan fingerprint density at radius 1 is 1.04 bits per heavy atom. The van der Waals surface area contributed by atoms with Gasteiger partial charge >= 0.3 is 6.03 Å². The zero-order chi connectivity index (χ0) is 18.4. The van der Waals surface area contributed by atoms with Gasteiger partial charge in [-0.2, -0.15) is 0 Å². The number of aromatic nitrogens is 1. The van der Waals surface area contributed by atoms with E-state index in [1.54, 1.807) is 28.0 Å². The molecule has 0 atom stereocenters. The van der Waals surface area contributed by atoms with Crippen LogP contribution in [0.15, 0.2) is 53.9 Å². The molecular weight excluding hydrogens is 344 g/mol. The Labute approximate surface area is 155 Å². The molecule has 2 aromatic heterocycles. The highest BCUT2D eigenvalue weighted by Gasteiger charge is 2.25. The smallest absolute Gasteiger partial charge is 0.323 e. The van der Waals surface area contributed by atoms with E-state index in [9.17, 15) is 9.90 Å². The Balaban J connectivity index is 2.21. The predicted molar refractivity (Wildman–Crippen MR) is 107 cm³/mol. The molecule has 5 heteroatoms. The zero-order valence-corrected chi connectivity index (χ0v) is 15.3. The molecule has 4 aromatic rings. The number of thiophene rings is 1. The number of carbonyl (C=O) groups excluding carboxylic acids is 1. The maximum atomic E-state index is 12.4. The van der Waals surface area contributed by atoms with E-state index >= 15 is 0 Å². The normalized spacial score (nSPS) is 11.2. The van der Waals surface area contributed by atoms with Gasteiger partial charge in [0.25, 0.3) is 0 Å². The van der Waals surface area contributed by atoms with Gasteiger partial charge in [0, 0.05) is 21.4 Å². The van der Waals surface area contributed by atoms with E-state index < -0.39 is 6.03 Å². The summed E-state index contributed by atoms with van der Waals surface area (Å²) >= 11 is 1.66. The van der Waals surface area contributed by atoms with Crippen LogP contribution in [0, 0.1) is 13.8 Å². The van der Waals surface area contributed by atoms with Crippen molar-refractivity contribution in [3.05, 3.63) is 64.4 Å². The summed E-state index contributed by atoms with van der Waals surface area (Å²) in [7, 11) is 0. The molecule has 0 spiro atoms. The lowest BCUT2D eigenvalue weighted by Crippen LogP contribution is -2.20. The summed E-state index contributed by atoms with van der Waals surface area (Å²) in [6.07, 6.45) is 0. The molecule has 4 rings (SSSR count). The Kier molecular flexibility index (Phi) is 3.81. The van der Waals surface area contributed by atoms with Crippen LogP contribution < -0.4 is 5.73 Å². The Bertz CT molecular complexity index is 1120. The van der Waals surface area contributed by atoms with Crippen LogP contribution in [0.25, 0.3) is 33.3 Å². The molecule has 0 fully saturated rings. The minimum atomic E-state index is -0.508. The summed E-state index contributed by atoms with van der Waals surface area (Å²) in [5.41, 5.74) is 11.4. The number of rotatable bonds is 2. The number of carbonyl (C=O) groups is 1. The molecule has 26 heavy (non-hydrogen) atoms. The Morgan fingerprint density at radius 2 is 1.73 bits per heavy atom. The van der Waals surface area contributed by atoms with Gasteiger partial charge in [0.05, 0.1) is 11.2 Å². The number of benzene rings is 2. The lowest BCUT2D eigenvalue weighted by atomic mass is 9.97. The molecule has 4 nitrogen and oxygen atoms in total. The van der Waals surface area contributed by atoms with Crippen LogP contribution in [-0.2, 0) is 0 Å². The van der Waals surface area contributed by atoms with Crippen molar-refractivity contribution in [1.82, 2.24) is 4.57 Å². The van der Waals surface area contributed by atoms with Gasteiger partial charge in [0.15, 0.2) is 0 Å². The van der Waals surface area contributed by atoms with Crippen molar-refractivity contribution in [1.29, 1.82) is 0 Å². The third kappa shape index (κ3) is 2.40. The van der Waals surface area contributed by atoms with E-state index in [0.29, 0.717) is 0 Å².